The van der Waals surface area contributed by atoms with Gasteiger partial charge in [0.25, 0.3) is 5.91 Å². The van der Waals surface area contributed by atoms with Gasteiger partial charge in [-0.15, -0.1) is 0 Å². The molecule has 0 saturated carbocycles. The van der Waals surface area contributed by atoms with Crippen molar-refractivity contribution in [1.29, 1.82) is 0 Å². The van der Waals surface area contributed by atoms with Crippen LogP contribution in [0.3, 0.4) is 0 Å². The highest BCUT2D eigenvalue weighted by molar-refractivity contribution is 6.37. The van der Waals surface area contributed by atoms with Crippen molar-refractivity contribution in [3.63, 3.8) is 0 Å². The van der Waals surface area contributed by atoms with Crippen molar-refractivity contribution in [2.45, 2.75) is 0 Å². The average molecular weight is 460 g/mol. The van der Waals surface area contributed by atoms with Crippen molar-refractivity contribution in [3.05, 3.63) is 107 Å². The molecule has 0 radical (unpaired) electrons. The minimum absolute atomic E-state index is 0.282. The molecule has 1 amide bonds. The molecule has 0 bridgehead atoms. The largest absolute Gasteiger partial charge is 0.379 e. The lowest BCUT2D eigenvalue weighted by molar-refractivity contribution is 0.102. The van der Waals surface area contributed by atoms with Gasteiger partial charge in [-0.3, -0.25) is 4.79 Å². The van der Waals surface area contributed by atoms with Crippen molar-refractivity contribution >= 4 is 62.6 Å². The monoisotopic (exact) mass is 459 g/mol. The molecule has 0 aromatic heterocycles. The van der Waals surface area contributed by atoms with Gasteiger partial charge in [-0.1, -0.05) is 53.5 Å². The minimum Gasteiger partial charge on any atom is -0.379 e. The number of nitrogens with zero attached hydrogens (tertiary/aromatic N) is 1. The van der Waals surface area contributed by atoms with E-state index in [1.54, 1.807) is 18.2 Å². The average Bonchev–Trinajstić information content (AvgIpc) is 3.02. The van der Waals surface area contributed by atoms with Crippen LogP contribution in [-0.4, -0.2) is 12.5 Å². The predicted octanol–water partition coefficient (Wildman–Crippen LogP) is 7.48. The minimum atomic E-state index is -0.282. The Bertz CT molecular complexity index is 1350. The Morgan fingerprint density at radius 1 is 0.938 bits per heavy atom. The number of hydrogen-bond donors (Lipinski definition) is 2. The molecule has 1 heterocycles. The molecule has 4 aromatic carbocycles. The van der Waals surface area contributed by atoms with E-state index in [4.69, 9.17) is 23.2 Å². The number of fused-ring (bicyclic) bond motifs is 3. The normalized spacial score (nSPS) is 12.8. The summed E-state index contributed by atoms with van der Waals surface area (Å²) in [4.78, 5) is 14.7. The van der Waals surface area contributed by atoms with Crippen molar-refractivity contribution in [2.75, 3.05) is 22.1 Å². The van der Waals surface area contributed by atoms with E-state index in [1.807, 2.05) is 30.3 Å². The number of halogens is 2. The first-order valence-corrected chi connectivity index (χ1v) is 10.9. The van der Waals surface area contributed by atoms with Gasteiger partial charge < -0.3 is 15.5 Å². The Morgan fingerprint density at radius 3 is 2.56 bits per heavy atom. The van der Waals surface area contributed by atoms with E-state index in [0.717, 1.165) is 23.6 Å². The Morgan fingerprint density at radius 2 is 1.75 bits per heavy atom. The summed E-state index contributed by atoms with van der Waals surface area (Å²) in [6, 6.07) is 25.1. The summed E-state index contributed by atoms with van der Waals surface area (Å²) in [6.45, 7) is 0.744. The number of hydrogen-bond acceptors (Lipinski definition) is 3. The summed E-state index contributed by atoms with van der Waals surface area (Å²) in [6.07, 6.45) is 4.15. The molecule has 158 valence electrons. The second-order valence-corrected chi connectivity index (χ2v) is 8.29. The van der Waals surface area contributed by atoms with Gasteiger partial charge in [0, 0.05) is 34.5 Å². The van der Waals surface area contributed by atoms with Gasteiger partial charge in [0.2, 0.25) is 0 Å². The number of carbonyl (C=O) groups is 1. The van der Waals surface area contributed by atoms with Gasteiger partial charge in [-0.2, -0.15) is 0 Å². The van der Waals surface area contributed by atoms with Gasteiger partial charge in [-0.05, 0) is 60.0 Å². The Hall–Kier alpha value is -3.47. The highest BCUT2D eigenvalue weighted by atomic mass is 35.5. The zero-order valence-corrected chi connectivity index (χ0v) is 18.5. The molecule has 1 aliphatic rings. The first-order valence-electron chi connectivity index (χ1n) is 10.2. The molecule has 0 atom stereocenters. The van der Waals surface area contributed by atoms with Crippen molar-refractivity contribution in [3.8, 4) is 0 Å². The zero-order valence-electron chi connectivity index (χ0n) is 17.0. The van der Waals surface area contributed by atoms with E-state index in [2.05, 4.69) is 58.1 Å². The number of amides is 1. The summed E-state index contributed by atoms with van der Waals surface area (Å²) in [5.74, 6) is -0.282. The topological polar surface area (TPSA) is 44.4 Å². The lowest BCUT2D eigenvalue weighted by Crippen LogP contribution is -2.13. The molecule has 4 aromatic rings. The quantitative estimate of drug-likeness (QED) is 0.333. The van der Waals surface area contributed by atoms with Crippen LogP contribution in [0.25, 0.3) is 10.8 Å². The lowest BCUT2D eigenvalue weighted by Gasteiger charge is -2.23. The highest BCUT2D eigenvalue weighted by Gasteiger charge is 2.17. The van der Waals surface area contributed by atoms with E-state index in [0.29, 0.717) is 21.3 Å². The van der Waals surface area contributed by atoms with Crippen LogP contribution < -0.4 is 15.5 Å². The Kier molecular flexibility index (Phi) is 5.48. The van der Waals surface area contributed by atoms with Crippen molar-refractivity contribution in [2.24, 2.45) is 0 Å². The molecule has 4 nitrogen and oxygen atoms in total. The van der Waals surface area contributed by atoms with Gasteiger partial charge in [0.15, 0.2) is 0 Å². The third-order valence-corrected chi connectivity index (χ3v) is 5.94. The maximum atomic E-state index is 12.6. The molecule has 5 rings (SSSR count). The second kappa shape index (κ2) is 8.58. The van der Waals surface area contributed by atoms with Crippen molar-refractivity contribution < 1.29 is 4.79 Å². The van der Waals surface area contributed by atoms with Crippen LogP contribution in [0.2, 0.25) is 10.0 Å². The van der Waals surface area contributed by atoms with E-state index >= 15 is 0 Å². The molecule has 6 heteroatoms. The SMILES string of the molecule is O=C(Nc1ccc(N2C=CCNc3c2ccc2ccccc32)cc1)c1ccc(Cl)cc1Cl. The summed E-state index contributed by atoms with van der Waals surface area (Å²) < 4.78 is 0. The molecule has 0 aliphatic carbocycles. The summed E-state index contributed by atoms with van der Waals surface area (Å²) >= 11 is 12.1. The first-order chi connectivity index (χ1) is 15.6. The molecule has 32 heavy (non-hydrogen) atoms. The summed E-state index contributed by atoms with van der Waals surface area (Å²) in [5, 5.41) is 9.60. The number of benzene rings is 4. The fourth-order valence-corrected chi connectivity index (χ4v) is 4.34. The van der Waals surface area contributed by atoms with Gasteiger partial charge in [-0.25, -0.2) is 0 Å². The van der Waals surface area contributed by atoms with Crippen LogP contribution in [0.5, 0.6) is 0 Å². The maximum Gasteiger partial charge on any atom is 0.257 e. The highest BCUT2D eigenvalue weighted by Crippen LogP contribution is 2.39. The summed E-state index contributed by atoms with van der Waals surface area (Å²) in [5.41, 5.74) is 4.22. The fourth-order valence-electron chi connectivity index (χ4n) is 3.85. The van der Waals surface area contributed by atoms with E-state index in [9.17, 15) is 4.79 Å². The number of carbonyl (C=O) groups excluding carboxylic acids is 1. The van der Waals surface area contributed by atoms with Crippen molar-refractivity contribution in [1.82, 2.24) is 0 Å². The Labute approximate surface area is 196 Å². The standard InChI is InChI=1S/C26H19Cl2N3O/c27-18-7-12-22(23(28)16-18)26(32)30-19-8-10-20(11-9-19)31-15-3-14-29-25-21-5-2-1-4-17(21)6-13-24(25)31/h1-13,15-16,29H,14H2,(H,30,32). The smallest absolute Gasteiger partial charge is 0.257 e. The number of nitrogens with one attached hydrogen (secondary N) is 2. The van der Waals surface area contributed by atoms with Gasteiger partial charge in [0.05, 0.1) is 22.0 Å². The third kappa shape index (κ3) is 3.91. The van der Waals surface area contributed by atoms with Crippen LogP contribution in [0.1, 0.15) is 10.4 Å². The van der Waals surface area contributed by atoms with E-state index in [1.165, 1.54) is 10.8 Å². The molecule has 0 fully saturated rings. The van der Waals surface area contributed by atoms with Crippen LogP contribution in [0, 0.1) is 0 Å². The molecule has 0 spiro atoms. The first kappa shape index (κ1) is 20.4. The predicted molar refractivity (Wildman–Crippen MR) is 135 cm³/mol. The van der Waals surface area contributed by atoms with E-state index < -0.39 is 0 Å². The molecular weight excluding hydrogens is 441 g/mol. The van der Waals surface area contributed by atoms with Crippen LogP contribution >= 0.6 is 23.2 Å². The molecule has 2 N–H and O–H groups in total. The molecule has 1 aliphatic heterocycles. The fraction of sp³-hybridized carbons (Fsp3) is 0.0385. The second-order valence-electron chi connectivity index (χ2n) is 7.44. The summed E-state index contributed by atoms with van der Waals surface area (Å²) in [7, 11) is 0. The zero-order chi connectivity index (χ0) is 22.1. The maximum absolute atomic E-state index is 12.6. The van der Waals surface area contributed by atoms with Crippen LogP contribution in [-0.2, 0) is 0 Å². The molecular formula is C26H19Cl2N3O. The number of rotatable bonds is 3. The molecule has 0 saturated heterocycles. The van der Waals surface area contributed by atoms with Crippen LogP contribution in [0.15, 0.2) is 91.1 Å². The van der Waals surface area contributed by atoms with Crippen LogP contribution in [0.4, 0.5) is 22.7 Å². The van der Waals surface area contributed by atoms with E-state index in [-0.39, 0.29) is 5.91 Å². The lowest BCUT2D eigenvalue weighted by atomic mass is 10.1. The van der Waals surface area contributed by atoms with Gasteiger partial charge >= 0.3 is 0 Å². The Balaban J connectivity index is 1.43. The van der Waals surface area contributed by atoms with Gasteiger partial charge in [0.1, 0.15) is 0 Å². The number of anilines is 4. The third-order valence-electron chi connectivity index (χ3n) is 5.40. The molecule has 0 unspecified atom stereocenters.